The Bertz CT molecular complexity index is 778. The molecule has 120 valence electrons. The molecular weight excluding hydrogens is 337 g/mol. The summed E-state index contributed by atoms with van der Waals surface area (Å²) in [6.45, 7) is 4.88. The van der Waals surface area contributed by atoms with E-state index in [0.29, 0.717) is 45.0 Å². The van der Waals surface area contributed by atoms with Gasteiger partial charge in [0.2, 0.25) is 0 Å². The third-order valence-electron chi connectivity index (χ3n) is 3.79. The number of nitrogens with zero attached hydrogens (tertiary/aromatic N) is 3. The van der Waals surface area contributed by atoms with Crippen molar-refractivity contribution in [3.8, 4) is 11.3 Å². The number of carbonyl (C=O) groups excluding carboxylic acids is 1. The molecule has 7 heteroatoms. The molecule has 0 bridgehead atoms. The van der Waals surface area contributed by atoms with E-state index in [0.717, 1.165) is 13.0 Å². The Morgan fingerprint density at radius 1 is 1.26 bits per heavy atom. The zero-order chi connectivity index (χ0) is 16.6. The van der Waals surface area contributed by atoms with Gasteiger partial charge in [-0.1, -0.05) is 34.4 Å². The summed E-state index contributed by atoms with van der Waals surface area (Å²) in [5.74, 6) is 0.924. The Morgan fingerprint density at radius 3 is 2.61 bits per heavy atom. The summed E-state index contributed by atoms with van der Waals surface area (Å²) in [5.41, 5.74) is 1.24. The van der Waals surface area contributed by atoms with Gasteiger partial charge in [-0.15, -0.1) is 0 Å². The summed E-state index contributed by atoms with van der Waals surface area (Å²) in [6, 6.07) is 5.15. The number of rotatable bonds is 2. The highest BCUT2D eigenvalue weighted by Crippen LogP contribution is 2.37. The van der Waals surface area contributed by atoms with Crippen molar-refractivity contribution >= 4 is 34.9 Å². The van der Waals surface area contributed by atoms with Crippen molar-refractivity contribution in [2.75, 3.05) is 13.1 Å². The molecule has 0 fully saturated rings. The Kier molecular flexibility index (Phi) is 4.41. The van der Waals surface area contributed by atoms with Gasteiger partial charge in [-0.05, 0) is 32.4 Å². The molecule has 5 nitrogen and oxygen atoms in total. The van der Waals surface area contributed by atoms with Crippen molar-refractivity contribution in [1.29, 1.82) is 0 Å². The molecule has 2 heterocycles. The lowest BCUT2D eigenvalue weighted by molar-refractivity contribution is 0.0840. The van der Waals surface area contributed by atoms with Crippen LogP contribution in [0, 0.1) is 6.92 Å². The highest BCUT2D eigenvalue weighted by Gasteiger charge is 2.30. The van der Waals surface area contributed by atoms with E-state index < -0.39 is 0 Å². The van der Waals surface area contributed by atoms with E-state index >= 15 is 0 Å². The van der Waals surface area contributed by atoms with Gasteiger partial charge in [0.05, 0.1) is 10.0 Å². The Labute approximate surface area is 143 Å². The zero-order valence-corrected chi connectivity index (χ0v) is 14.3. The van der Waals surface area contributed by atoms with E-state index in [-0.39, 0.29) is 5.91 Å². The van der Waals surface area contributed by atoms with Crippen molar-refractivity contribution in [1.82, 2.24) is 10.1 Å². The lowest BCUT2D eigenvalue weighted by atomic mass is 10.0. The Hall–Kier alpha value is -1.85. The highest BCUT2D eigenvalue weighted by molar-refractivity contribution is 6.39. The van der Waals surface area contributed by atoms with Crippen molar-refractivity contribution in [3.63, 3.8) is 0 Å². The summed E-state index contributed by atoms with van der Waals surface area (Å²) in [5, 5.41) is 4.86. The number of amidine groups is 1. The van der Waals surface area contributed by atoms with Crippen LogP contribution in [0.5, 0.6) is 0 Å². The molecule has 0 saturated carbocycles. The number of amides is 1. The van der Waals surface area contributed by atoms with Gasteiger partial charge < -0.3 is 4.52 Å². The second-order valence-corrected chi connectivity index (χ2v) is 6.11. The quantitative estimate of drug-likeness (QED) is 0.813. The monoisotopic (exact) mass is 351 g/mol. The maximum Gasteiger partial charge on any atom is 0.265 e. The summed E-state index contributed by atoms with van der Waals surface area (Å²) in [6.07, 6.45) is 0.829. The second kappa shape index (κ2) is 6.34. The van der Waals surface area contributed by atoms with Crippen LogP contribution in [0.15, 0.2) is 27.7 Å². The van der Waals surface area contributed by atoms with Crippen LogP contribution >= 0.6 is 23.2 Å². The number of hydrogen-bond donors (Lipinski definition) is 0. The molecule has 0 radical (unpaired) electrons. The SMILES string of the molecule is CC1=NCCCN1C(=O)c1c(-c2c(Cl)cccc2Cl)noc1C. The third kappa shape index (κ3) is 2.86. The molecule has 0 spiro atoms. The number of carbonyl (C=O) groups is 1. The molecule has 0 atom stereocenters. The van der Waals surface area contributed by atoms with Gasteiger partial charge >= 0.3 is 0 Å². The topological polar surface area (TPSA) is 58.7 Å². The molecule has 1 aromatic carbocycles. The molecule has 0 N–H and O–H groups in total. The fourth-order valence-corrected chi connectivity index (χ4v) is 3.20. The van der Waals surface area contributed by atoms with E-state index in [2.05, 4.69) is 10.1 Å². The summed E-state index contributed by atoms with van der Waals surface area (Å²) in [7, 11) is 0. The normalized spacial score (nSPS) is 14.8. The van der Waals surface area contributed by atoms with Gasteiger partial charge in [-0.2, -0.15) is 0 Å². The molecule has 3 rings (SSSR count). The first-order chi connectivity index (χ1) is 11.0. The lowest BCUT2D eigenvalue weighted by Crippen LogP contribution is -2.39. The lowest BCUT2D eigenvalue weighted by Gasteiger charge is -2.25. The van der Waals surface area contributed by atoms with E-state index in [4.69, 9.17) is 27.7 Å². The third-order valence-corrected chi connectivity index (χ3v) is 4.42. The Morgan fingerprint density at radius 2 is 1.96 bits per heavy atom. The Balaban J connectivity index is 2.11. The molecule has 1 amide bonds. The largest absolute Gasteiger partial charge is 0.360 e. The van der Waals surface area contributed by atoms with Crippen molar-refractivity contribution in [3.05, 3.63) is 39.6 Å². The van der Waals surface area contributed by atoms with Gasteiger partial charge in [0, 0.05) is 18.7 Å². The van der Waals surface area contributed by atoms with Crippen LogP contribution in [0.25, 0.3) is 11.3 Å². The summed E-state index contributed by atoms with van der Waals surface area (Å²) >= 11 is 12.5. The maximum absolute atomic E-state index is 13.0. The number of hydrogen-bond acceptors (Lipinski definition) is 4. The number of benzene rings is 1. The average molecular weight is 352 g/mol. The van der Waals surface area contributed by atoms with Crippen LogP contribution < -0.4 is 0 Å². The molecule has 0 unspecified atom stereocenters. The smallest absolute Gasteiger partial charge is 0.265 e. The van der Waals surface area contributed by atoms with Gasteiger partial charge in [0.15, 0.2) is 0 Å². The average Bonchev–Trinajstić information content (AvgIpc) is 2.88. The zero-order valence-electron chi connectivity index (χ0n) is 12.8. The van der Waals surface area contributed by atoms with E-state index in [1.165, 1.54) is 0 Å². The van der Waals surface area contributed by atoms with Gasteiger partial charge in [0.25, 0.3) is 5.91 Å². The van der Waals surface area contributed by atoms with Crippen LogP contribution in [0.1, 0.15) is 29.5 Å². The maximum atomic E-state index is 13.0. The minimum absolute atomic E-state index is 0.198. The van der Waals surface area contributed by atoms with Crippen LogP contribution in [0.4, 0.5) is 0 Å². The standard InChI is InChI=1S/C16H15Cl2N3O2/c1-9-13(16(22)21-8-4-7-19-10(21)2)15(20-23-9)14-11(17)5-3-6-12(14)18/h3,5-6H,4,7-8H2,1-2H3. The van der Waals surface area contributed by atoms with Crippen molar-refractivity contribution in [2.45, 2.75) is 20.3 Å². The number of aryl methyl sites for hydroxylation is 1. The first-order valence-corrected chi connectivity index (χ1v) is 8.00. The van der Waals surface area contributed by atoms with E-state index in [9.17, 15) is 4.79 Å². The highest BCUT2D eigenvalue weighted by atomic mass is 35.5. The van der Waals surface area contributed by atoms with Gasteiger partial charge in [0.1, 0.15) is 22.9 Å². The number of halogens is 2. The first kappa shape index (κ1) is 16.0. The van der Waals surface area contributed by atoms with Crippen LogP contribution in [-0.2, 0) is 0 Å². The van der Waals surface area contributed by atoms with Gasteiger partial charge in [-0.3, -0.25) is 14.7 Å². The van der Waals surface area contributed by atoms with Crippen LogP contribution in [0.2, 0.25) is 10.0 Å². The van der Waals surface area contributed by atoms with E-state index in [1.54, 1.807) is 30.0 Å². The molecule has 1 aliphatic rings. The van der Waals surface area contributed by atoms with Crippen LogP contribution in [0.3, 0.4) is 0 Å². The summed E-state index contributed by atoms with van der Waals surface area (Å²) < 4.78 is 5.25. The molecule has 23 heavy (non-hydrogen) atoms. The molecule has 2 aromatic rings. The number of aromatic nitrogens is 1. The van der Waals surface area contributed by atoms with E-state index in [1.807, 2.05) is 6.92 Å². The van der Waals surface area contributed by atoms with Crippen LogP contribution in [-0.4, -0.2) is 34.9 Å². The molecule has 1 aliphatic heterocycles. The fourth-order valence-electron chi connectivity index (χ4n) is 2.62. The van der Waals surface area contributed by atoms with Crippen molar-refractivity contribution < 1.29 is 9.32 Å². The second-order valence-electron chi connectivity index (χ2n) is 5.30. The first-order valence-electron chi connectivity index (χ1n) is 7.24. The molecular formula is C16H15Cl2N3O2. The molecule has 1 aromatic heterocycles. The predicted octanol–water partition coefficient (Wildman–Crippen LogP) is 4.22. The minimum atomic E-state index is -0.198. The molecule has 0 aliphatic carbocycles. The summed E-state index contributed by atoms with van der Waals surface area (Å²) in [4.78, 5) is 18.9. The van der Waals surface area contributed by atoms with Crippen molar-refractivity contribution in [2.24, 2.45) is 4.99 Å². The molecule has 0 saturated heterocycles. The minimum Gasteiger partial charge on any atom is -0.360 e. The number of aliphatic imine (C=N–C) groups is 1. The van der Waals surface area contributed by atoms with Gasteiger partial charge in [-0.25, -0.2) is 0 Å². The predicted molar refractivity (Wildman–Crippen MR) is 90.3 cm³/mol. The fraction of sp³-hybridized carbons (Fsp3) is 0.312.